The van der Waals surface area contributed by atoms with E-state index >= 15 is 0 Å². The van der Waals surface area contributed by atoms with Crippen LogP contribution in [-0.4, -0.2) is 17.6 Å². The lowest BCUT2D eigenvalue weighted by Crippen LogP contribution is -2.26. The molecule has 0 aromatic carbocycles. The zero-order chi connectivity index (χ0) is 11.5. The van der Waals surface area contributed by atoms with Gasteiger partial charge in [0.2, 0.25) is 0 Å². The molecule has 1 aliphatic rings. The van der Waals surface area contributed by atoms with Gasteiger partial charge >= 0.3 is 0 Å². The van der Waals surface area contributed by atoms with Gasteiger partial charge in [0, 0.05) is 17.9 Å². The Hall–Kier alpha value is -0.890. The lowest BCUT2D eigenvalue weighted by atomic mass is 9.90. The van der Waals surface area contributed by atoms with Crippen LogP contribution in [0.5, 0.6) is 0 Å². The van der Waals surface area contributed by atoms with E-state index in [1.54, 1.807) is 0 Å². The van der Waals surface area contributed by atoms with Gasteiger partial charge in [0.05, 0.1) is 0 Å². The van der Waals surface area contributed by atoms with E-state index in [0.717, 1.165) is 18.3 Å². The summed E-state index contributed by atoms with van der Waals surface area (Å²) in [5.41, 5.74) is 2.45. The average Bonchev–Trinajstić information content (AvgIpc) is 3.10. The van der Waals surface area contributed by atoms with Gasteiger partial charge in [-0.15, -0.1) is 0 Å². The summed E-state index contributed by atoms with van der Waals surface area (Å²) in [6, 6.07) is 5.12. The molecular weight excluding hydrogens is 196 g/mol. The summed E-state index contributed by atoms with van der Waals surface area (Å²) in [7, 11) is 0. The van der Waals surface area contributed by atoms with Crippen LogP contribution in [0.2, 0.25) is 0 Å². The van der Waals surface area contributed by atoms with E-state index < -0.39 is 0 Å². The fraction of sp³-hybridized carbons (Fsp3) is 0.643. The molecule has 1 saturated carbocycles. The van der Waals surface area contributed by atoms with Crippen molar-refractivity contribution in [3.05, 3.63) is 29.6 Å². The van der Waals surface area contributed by atoms with Crippen molar-refractivity contribution in [2.24, 2.45) is 5.92 Å². The van der Waals surface area contributed by atoms with Crippen molar-refractivity contribution in [1.82, 2.24) is 10.3 Å². The molecule has 1 N–H and O–H groups in total. The maximum absolute atomic E-state index is 4.37. The first-order valence-electron chi connectivity index (χ1n) is 6.32. The molecule has 0 amide bonds. The van der Waals surface area contributed by atoms with Gasteiger partial charge in [0.25, 0.3) is 0 Å². The number of rotatable bonds is 5. The molecule has 1 heterocycles. The lowest BCUT2D eigenvalue weighted by Gasteiger charge is -2.20. The molecule has 88 valence electrons. The van der Waals surface area contributed by atoms with Gasteiger partial charge in [-0.25, -0.2) is 0 Å². The second kappa shape index (κ2) is 4.96. The van der Waals surface area contributed by atoms with Crippen LogP contribution in [0.1, 0.15) is 43.9 Å². The van der Waals surface area contributed by atoms with Gasteiger partial charge < -0.3 is 5.32 Å². The number of nitrogens with zero attached hydrogens (tertiary/aromatic N) is 1. The van der Waals surface area contributed by atoms with E-state index in [-0.39, 0.29) is 0 Å². The molecule has 0 radical (unpaired) electrons. The molecule has 0 spiro atoms. The van der Waals surface area contributed by atoms with Gasteiger partial charge in [0.15, 0.2) is 0 Å². The summed E-state index contributed by atoms with van der Waals surface area (Å²) in [5, 5.41) is 3.60. The minimum atomic E-state index is 0.583. The molecule has 2 nitrogen and oxygen atoms in total. The van der Waals surface area contributed by atoms with Crippen LogP contribution in [0.4, 0.5) is 0 Å². The summed E-state index contributed by atoms with van der Waals surface area (Å²) in [5.74, 6) is 1.25. The molecule has 2 rings (SSSR count). The van der Waals surface area contributed by atoms with Crippen molar-refractivity contribution >= 4 is 0 Å². The van der Waals surface area contributed by atoms with Crippen LogP contribution >= 0.6 is 0 Å². The maximum atomic E-state index is 4.37. The average molecular weight is 218 g/mol. The van der Waals surface area contributed by atoms with Crippen molar-refractivity contribution in [2.75, 3.05) is 6.54 Å². The standard InChI is InChI=1S/C14H22N2/c1-10(8-16-14-6-7-14)12(3)13-5-4-11(2)15-9-13/h4-5,9-10,12,14,16H,6-8H2,1-3H3. The van der Waals surface area contributed by atoms with E-state index in [2.05, 4.69) is 36.3 Å². The van der Waals surface area contributed by atoms with Crippen LogP contribution in [-0.2, 0) is 0 Å². The first-order chi connectivity index (χ1) is 7.66. The van der Waals surface area contributed by atoms with Crippen LogP contribution in [0.15, 0.2) is 18.3 Å². The predicted molar refractivity (Wildman–Crippen MR) is 67.6 cm³/mol. The van der Waals surface area contributed by atoms with Crippen molar-refractivity contribution in [2.45, 2.75) is 45.6 Å². The quantitative estimate of drug-likeness (QED) is 0.822. The van der Waals surface area contributed by atoms with Gasteiger partial charge in [-0.1, -0.05) is 19.9 Å². The second-order valence-corrected chi connectivity index (χ2v) is 5.18. The first kappa shape index (κ1) is 11.6. The Morgan fingerprint density at radius 1 is 1.38 bits per heavy atom. The monoisotopic (exact) mass is 218 g/mol. The summed E-state index contributed by atoms with van der Waals surface area (Å²) in [6.07, 6.45) is 4.76. The van der Waals surface area contributed by atoms with Crippen LogP contribution in [0.3, 0.4) is 0 Å². The van der Waals surface area contributed by atoms with Crippen molar-refractivity contribution in [3.8, 4) is 0 Å². The zero-order valence-corrected chi connectivity index (χ0v) is 10.5. The van der Waals surface area contributed by atoms with E-state index in [4.69, 9.17) is 0 Å². The van der Waals surface area contributed by atoms with E-state index in [1.807, 2.05) is 13.1 Å². The van der Waals surface area contributed by atoms with Crippen molar-refractivity contribution in [1.29, 1.82) is 0 Å². The highest BCUT2D eigenvalue weighted by molar-refractivity contribution is 5.17. The molecule has 2 atom stereocenters. The minimum Gasteiger partial charge on any atom is -0.314 e. The van der Waals surface area contributed by atoms with Crippen LogP contribution in [0, 0.1) is 12.8 Å². The fourth-order valence-electron chi connectivity index (χ4n) is 1.89. The molecule has 16 heavy (non-hydrogen) atoms. The second-order valence-electron chi connectivity index (χ2n) is 5.18. The highest BCUT2D eigenvalue weighted by Crippen LogP contribution is 2.25. The van der Waals surface area contributed by atoms with Gasteiger partial charge in [-0.3, -0.25) is 4.98 Å². The molecule has 1 aromatic heterocycles. The fourth-order valence-corrected chi connectivity index (χ4v) is 1.89. The van der Waals surface area contributed by atoms with Crippen LogP contribution < -0.4 is 5.32 Å². The van der Waals surface area contributed by atoms with E-state index in [0.29, 0.717) is 11.8 Å². The molecule has 2 unspecified atom stereocenters. The Morgan fingerprint density at radius 3 is 2.69 bits per heavy atom. The topological polar surface area (TPSA) is 24.9 Å². The summed E-state index contributed by atoms with van der Waals surface area (Å²) in [4.78, 5) is 4.37. The number of aryl methyl sites for hydroxylation is 1. The van der Waals surface area contributed by atoms with Crippen molar-refractivity contribution in [3.63, 3.8) is 0 Å². The first-order valence-corrected chi connectivity index (χ1v) is 6.32. The number of pyridine rings is 1. The molecule has 0 saturated heterocycles. The normalized spacial score (nSPS) is 19.4. The Morgan fingerprint density at radius 2 is 2.12 bits per heavy atom. The minimum absolute atomic E-state index is 0.583. The van der Waals surface area contributed by atoms with Gasteiger partial charge in [-0.2, -0.15) is 0 Å². The Bertz CT molecular complexity index is 327. The highest BCUT2D eigenvalue weighted by atomic mass is 14.9. The zero-order valence-electron chi connectivity index (χ0n) is 10.5. The third kappa shape index (κ3) is 3.05. The molecule has 1 fully saturated rings. The largest absolute Gasteiger partial charge is 0.314 e. The summed E-state index contributed by atoms with van der Waals surface area (Å²) < 4.78 is 0. The molecule has 0 aliphatic heterocycles. The highest BCUT2D eigenvalue weighted by Gasteiger charge is 2.22. The Labute approximate surface area is 98.5 Å². The SMILES string of the molecule is Cc1ccc(C(C)C(C)CNC2CC2)cn1. The predicted octanol–water partition coefficient (Wildman–Crippen LogP) is 2.88. The molecular formula is C14H22N2. The molecule has 1 aliphatic carbocycles. The number of aromatic nitrogens is 1. The third-order valence-electron chi connectivity index (χ3n) is 3.62. The molecule has 2 heteroatoms. The third-order valence-corrected chi connectivity index (χ3v) is 3.62. The number of nitrogens with one attached hydrogen (secondary N) is 1. The lowest BCUT2D eigenvalue weighted by molar-refractivity contribution is 0.445. The molecule has 1 aromatic rings. The number of hydrogen-bond acceptors (Lipinski definition) is 2. The van der Waals surface area contributed by atoms with Crippen molar-refractivity contribution < 1.29 is 0 Å². The van der Waals surface area contributed by atoms with Gasteiger partial charge in [0.1, 0.15) is 0 Å². The van der Waals surface area contributed by atoms with E-state index in [1.165, 1.54) is 18.4 Å². The van der Waals surface area contributed by atoms with Crippen LogP contribution in [0.25, 0.3) is 0 Å². The maximum Gasteiger partial charge on any atom is 0.0372 e. The number of hydrogen-bond donors (Lipinski definition) is 1. The van der Waals surface area contributed by atoms with Gasteiger partial charge in [-0.05, 0) is 49.8 Å². The Balaban J connectivity index is 1.88. The molecule has 0 bridgehead atoms. The Kier molecular flexibility index (Phi) is 3.59. The van der Waals surface area contributed by atoms with E-state index in [9.17, 15) is 0 Å². The smallest absolute Gasteiger partial charge is 0.0372 e. The summed E-state index contributed by atoms with van der Waals surface area (Å²) in [6.45, 7) is 7.78. The summed E-state index contributed by atoms with van der Waals surface area (Å²) >= 11 is 0.